The third kappa shape index (κ3) is 5.83. The average molecular weight is 462 g/mol. The number of nitrogens with one attached hydrogen (secondary N) is 1. The van der Waals surface area contributed by atoms with Crippen LogP contribution in [0.3, 0.4) is 0 Å². The maximum Gasteiger partial charge on any atom is 0.410 e. The third-order valence-electron chi connectivity index (χ3n) is 4.82. The molecule has 31 heavy (non-hydrogen) atoms. The van der Waals surface area contributed by atoms with Crippen LogP contribution in [-0.2, 0) is 38.1 Å². The van der Waals surface area contributed by atoms with Gasteiger partial charge in [-0.3, -0.25) is 4.79 Å². The number of carbonyl (C=O) groups is 2. The molecule has 8 nitrogen and oxygen atoms in total. The van der Waals surface area contributed by atoms with Crippen LogP contribution in [0.1, 0.15) is 34.9 Å². The Morgan fingerprint density at radius 3 is 2.71 bits per heavy atom. The van der Waals surface area contributed by atoms with Crippen molar-refractivity contribution in [1.82, 2.24) is 4.90 Å². The van der Waals surface area contributed by atoms with Gasteiger partial charge < -0.3 is 15.0 Å². The monoisotopic (exact) mass is 461 g/mol. The SMILES string of the molecule is CCOC(=O)N1CCc2c(sc(NC(=O)CCS(=O)(=O)Cc3ccccc3)c2C#N)C1. The summed E-state index contributed by atoms with van der Waals surface area (Å²) in [5.41, 5.74) is 1.87. The Morgan fingerprint density at radius 1 is 1.29 bits per heavy atom. The predicted octanol–water partition coefficient (Wildman–Crippen LogP) is 3.08. The molecule has 0 bridgehead atoms. The number of benzene rings is 1. The number of sulfone groups is 1. The van der Waals surface area contributed by atoms with Crippen LogP contribution in [0, 0.1) is 11.3 Å². The molecule has 0 atom stereocenters. The van der Waals surface area contributed by atoms with Crippen LogP contribution in [0.4, 0.5) is 9.80 Å². The summed E-state index contributed by atoms with van der Waals surface area (Å²) in [6.45, 7) is 2.77. The molecule has 2 heterocycles. The number of thiophene rings is 1. The number of fused-ring (bicyclic) bond motifs is 1. The number of carbonyl (C=O) groups excluding carboxylic acids is 2. The minimum atomic E-state index is -3.44. The van der Waals surface area contributed by atoms with E-state index in [0.29, 0.717) is 35.6 Å². The summed E-state index contributed by atoms with van der Waals surface area (Å²) in [6.07, 6.45) is -0.110. The van der Waals surface area contributed by atoms with Crippen molar-refractivity contribution < 1.29 is 22.7 Å². The van der Waals surface area contributed by atoms with Gasteiger partial charge in [-0.1, -0.05) is 30.3 Å². The van der Waals surface area contributed by atoms with Crippen LogP contribution < -0.4 is 5.32 Å². The Hall–Kier alpha value is -2.90. The first-order valence-electron chi connectivity index (χ1n) is 9.83. The van der Waals surface area contributed by atoms with Gasteiger partial charge in [-0.05, 0) is 24.5 Å². The first-order chi connectivity index (χ1) is 14.8. The molecule has 2 amide bonds. The van der Waals surface area contributed by atoms with E-state index in [2.05, 4.69) is 11.4 Å². The largest absolute Gasteiger partial charge is 0.450 e. The maximum absolute atomic E-state index is 12.4. The second kappa shape index (κ2) is 9.94. The highest BCUT2D eigenvalue weighted by atomic mass is 32.2. The van der Waals surface area contributed by atoms with Crippen molar-refractivity contribution in [2.24, 2.45) is 0 Å². The Kier molecular flexibility index (Phi) is 7.30. The molecule has 0 saturated carbocycles. The van der Waals surface area contributed by atoms with Crippen LogP contribution in [-0.4, -0.2) is 44.2 Å². The van der Waals surface area contributed by atoms with Gasteiger partial charge in [-0.25, -0.2) is 13.2 Å². The standard InChI is InChI=1S/C21H23N3O5S2/c1-2-29-21(26)24-10-8-16-17(12-22)20(30-18(16)13-24)23-19(25)9-11-31(27,28)14-15-6-4-3-5-7-15/h3-7H,2,8-11,13-14H2,1H3,(H,23,25). The molecule has 3 rings (SSSR count). The molecule has 2 aromatic rings. The van der Waals surface area contributed by atoms with Gasteiger partial charge >= 0.3 is 6.09 Å². The van der Waals surface area contributed by atoms with Gasteiger partial charge in [0.15, 0.2) is 9.84 Å². The second-order valence-electron chi connectivity index (χ2n) is 7.07. The molecule has 0 unspecified atom stereocenters. The van der Waals surface area contributed by atoms with Crippen molar-refractivity contribution in [2.75, 3.05) is 24.2 Å². The van der Waals surface area contributed by atoms with E-state index < -0.39 is 21.8 Å². The van der Waals surface area contributed by atoms with Gasteiger partial charge in [0.25, 0.3) is 0 Å². The lowest BCUT2D eigenvalue weighted by Crippen LogP contribution is -2.35. The number of ether oxygens (including phenoxy) is 1. The summed E-state index contributed by atoms with van der Waals surface area (Å²) < 4.78 is 29.7. The van der Waals surface area contributed by atoms with Crippen molar-refractivity contribution in [3.05, 3.63) is 51.9 Å². The summed E-state index contributed by atoms with van der Waals surface area (Å²) in [5.74, 6) is -0.868. The number of rotatable bonds is 7. The fourth-order valence-electron chi connectivity index (χ4n) is 3.32. The zero-order valence-electron chi connectivity index (χ0n) is 17.1. The van der Waals surface area contributed by atoms with E-state index in [9.17, 15) is 23.3 Å². The number of nitriles is 1. The molecule has 0 saturated heterocycles. The van der Waals surface area contributed by atoms with E-state index in [1.54, 1.807) is 36.1 Å². The van der Waals surface area contributed by atoms with Gasteiger partial charge in [-0.2, -0.15) is 5.26 Å². The van der Waals surface area contributed by atoms with Gasteiger partial charge in [-0.15, -0.1) is 11.3 Å². The number of nitrogens with zero attached hydrogens (tertiary/aromatic N) is 2. The highest BCUT2D eigenvalue weighted by molar-refractivity contribution is 7.90. The van der Waals surface area contributed by atoms with Crippen molar-refractivity contribution in [3.8, 4) is 6.07 Å². The first kappa shape index (κ1) is 22.8. The van der Waals surface area contributed by atoms with Crippen molar-refractivity contribution in [2.45, 2.75) is 32.1 Å². The Bertz CT molecular complexity index is 1100. The van der Waals surface area contributed by atoms with Crippen molar-refractivity contribution >= 4 is 38.2 Å². The highest BCUT2D eigenvalue weighted by Crippen LogP contribution is 2.36. The zero-order chi connectivity index (χ0) is 22.4. The van der Waals surface area contributed by atoms with Crippen LogP contribution in [0.5, 0.6) is 0 Å². The van der Waals surface area contributed by atoms with Crippen LogP contribution in [0.25, 0.3) is 0 Å². The van der Waals surface area contributed by atoms with Gasteiger partial charge in [0.1, 0.15) is 11.1 Å². The maximum atomic E-state index is 12.4. The fraction of sp³-hybridized carbons (Fsp3) is 0.381. The first-order valence-corrected chi connectivity index (χ1v) is 12.5. The minimum Gasteiger partial charge on any atom is -0.450 e. The molecular weight excluding hydrogens is 438 g/mol. The average Bonchev–Trinajstić information content (AvgIpc) is 3.09. The Balaban J connectivity index is 1.63. The summed E-state index contributed by atoms with van der Waals surface area (Å²) in [7, 11) is -3.44. The van der Waals surface area contributed by atoms with E-state index in [-0.39, 0.29) is 24.5 Å². The predicted molar refractivity (Wildman–Crippen MR) is 117 cm³/mol. The Labute approximate surface area is 185 Å². The number of hydrogen-bond donors (Lipinski definition) is 1. The molecule has 0 aliphatic carbocycles. The summed E-state index contributed by atoms with van der Waals surface area (Å²) >= 11 is 1.24. The lowest BCUT2D eigenvalue weighted by molar-refractivity contribution is -0.115. The lowest BCUT2D eigenvalue weighted by atomic mass is 10.0. The number of anilines is 1. The summed E-state index contributed by atoms with van der Waals surface area (Å²) in [6, 6.07) is 10.9. The normalized spacial score (nSPS) is 13.2. The van der Waals surface area contributed by atoms with E-state index in [0.717, 1.165) is 10.4 Å². The number of hydrogen-bond acceptors (Lipinski definition) is 7. The van der Waals surface area contributed by atoms with E-state index in [4.69, 9.17) is 4.74 Å². The molecule has 0 spiro atoms. The van der Waals surface area contributed by atoms with Crippen molar-refractivity contribution in [3.63, 3.8) is 0 Å². The highest BCUT2D eigenvalue weighted by Gasteiger charge is 2.28. The topological polar surface area (TPSA) is 117 Å². The molecule has 1 aliphatic heterocycles. The molecule has 164 valence electrons. The second-order valence-corrected chi connectivity index (χ2v) is 10.4. The third-order valence-corrected chi connectivity index (χ3v) is 7.55. The molecule has 0 fully saturated rings. The fourth-order valence-corrected chi connectivity index (χ4v) is 5.89. The van der Waals surface area contributed by atoms with Gasteiger partial charge in [0.05, 0.1) is 30.2 Å². The lowest BCUT2D eigenvalue weighted by Gasteiger charge is -2.25. The van der Waals surface area contributed by atoms with Gasteiger partial charge in [0.2, 0.25) is 5.91 Å². The Morgan fingerprint density at radius 2 is 2.03 bits per heavy atom. The molecule has 0 radical (unpaired) electrons. The van der Waals surface area contributed by atoms with Crippen LogP contribution in [0.2, 0.25) is 0 Å². The molecule has 1 aliphatic rings. The van der Waals surface area contributed by atoms with E-state index in [1.165, 1.54) is 11.3 Å². The molecule has 10 heteroatoms. The molecule has 1 aromatic carbocycles. The smallest absolute Gasteiger partial charge is 0.410 e. The van der Waals surface area contributed by atoms with Crippen LogP contribution >= 0.6 is 11.3 Å². The molecule has 1 N–H and O–H groups in total. The number of amides is 2. The van der Waals surface area contributed by atoms with Crippen LogP contribution in [0.15, 0.2) is 30.3 Å². The quantitative estimate of drug-likeness (QED) is 0.677. The molecular formula is C21H23N3O5S2. The summed E-state index contributed by atoms with van der Waals surface area (Å²) in [5, 5.41) is 12.6. The zero-order valence-corrected chi connectivity index (χ0v) is 18.7. The minimum absolute atomic E-state index is 0.123. The summed E-state index contributed by atoms with van der Waals surface area (Å²) in [4.78, 5) is 26.7. The van der Waals surface area contributed by atoms with E-state index in [1.807, 2.05) is 6.07 Å². The molecule has 1 aromatic heterocycles. The van der Waals surface area contributed by atoms with E-state index >= 15 is 0 Å². The van der Waals surface area contributed by atoms with Gasteiger partial charge in [0, 0.05) is 17.8 Å². The van der Waals surface area contributed by atoms with Crippen molar-refractivity contribution in [1.29, 1.82) is 5.26 Å².